The minimum Gasteiger partial charge on any atom is -0.453 e. The van der Waals surface area contributed by atoms with E-state index in [-0.39, 0.29) is 36.3 Å². The quantitative estimate of drug-likeness (QED) is 0.302. The Labute approximate surface area is 278 Å². The monoisotopic (exact) mass is 649 g/mol. The van der Waals surface area contributed by atoms with Crippen LogP contribution in [-0.2, 0) is 35.2 Å². The van der Waals surface area contributed by atoms with Crippen LogP contribution in [0.25, 0.3) is 0 Å². The van der Waals surface area contributed by atoms with Gasteiger partial charge in [0.25, 0.3) is 5.91 Å². The summed E-state index contributed by atoms with van der Waals surface area (Å²) in [5.74, 6) is -0.308. The molecule has 1 saturated carbocycles. The van der Waals surface area contributed by atoms with E-state index in [4.69, 9.17) is 14.2 Å². The topological polar surface area (TPSA) is 126 Å². The van der Waals surface area contributed by atoms with Gasteiger partial charge in [0.05, 0.1) is 24.9 Å². The predicted molar refractivity (Wildman–Crippen MR) is 178 cm³/mol. The molecule has 10 heteroatoms. The molecule has 10 nitrogen and oxygen atoms in total. The fraction of sp³-hybridized carbons (Fsp3) is 0.595. The molecular weight excluding hydrogens is 598 g/mol. The number of amides is 2. The third-order valence-corrected chi connectivity index (χ3v) is 9.47. The maximum absolute atomic E-state index is 13.7. The highest BCUT2D eigenvalue weighted by Crippen LogP contribution is 2.42. The summed E-state index contributed by atoms with van der Waals surface area (Å²) in [6, 6.07) is 15.2. The maximum Gasteiger partial charge on any atom is 0.303 e. The van der Waals surface area contributed by atoms with Gasteiger partial charge >= 0.3 is 5.97 Å². The molecule has 3 aliphatic rings. The molecule has 1 aliphatic carbocycles. The molecule has 0 radical (unpaired) electrons. The number of aliphatic hydroxyl groups is 1. The fourth-order valence-corrected chi connectivity index (χ4v) is 7.31. The minimum atomic E-state index is -0.939. The smallest absolute Gasteiger partial charge is 0.303 e. The Morgan fingerprint density at radius 2 is 1.74 bits per heavy atom. The van der Waals surface area contributed by atoms with Gasteiger partial charge in [-0.15, -0.1) is 0 Å². The van der Waals surface area contributed by atoms with Crippen LogP contribution in [0.1, 0.15) is 109 Å². The fourth-order valence-electron chi connectivity index (χ4n) is 7.31. The zero-order chi connectivity index (χ0) is 33.7. The molecule has 0 spiro atoms. The molecule has 2 aromatic carbocycles. The van der Waals surface area contributed by atoms with Crippen molar-refractivity contribution in [3.05, 3.63) is 65.2 Å². The zero-order valence-corrected chi connectivity index (χ0v) is 28.4. The minimum absolute atomic E-state index is 0.0374. The Morgan fingerprint density at radius 1 is 1.00 bits per heavy atom. The first-order chi connectivity index (χ1) is 22.4. The van der Waals surface area contributed by atoms with Crippen LogP contribution >= 0.6 is 0 Å². The Hall–Kier alpha value is -3.31. The van der Waals surface area contributed by atoms with E-state index in [1.54, 1.807) is 6.07 Å². The van der Waals surface area contributed by atoms with Crippen LogP contribution in [0.2, 0.25) is 0 Å². The number of nitrogens with one attached hydrogen (secondary N) is 2. The highest BCUT2D eigenvalue weighted by atomic mass is 16.7. The van der Waals surface area contributed by atoms with Gasteiger partial charge in [-0.3, -0.25) is 19.3 Å². The number of benzene rings is 2. The Morgan fingerprint density at radius 3 is 2.45 bits per heavy atom. The van der Waals surface area contributed by atoms with Crippen LogP contribution in [0.5, 0.6) is 0 Å². The lowest BCUT2D eigenvalue weighted by Gasteiger charge is -2.50. The molecule has 7 unspecified atom stereocenters. The maximum atomic E-state index is 13.7. The van der Waals surface area contributed by atoms with Crippen molar-refractivity contribution in [1.29, 1.82) is 0 Å². The van der Waals surface area contributed by atoms with Gasteiger partial charge in [0, 0.05) is 42.7 Å². The van der Waals surface area contributed by atoms with Gasteiger partial charge in [-0.05, 0) is 82.6 Å². The van der Waals surface area contributed by atoms with E-state index in [2.05, 4.69) is 15.5 Å². The van der Waals surface area contributed by atoms with E-state index in [9.17, 15) is 19.5 Å². The number of hydrogen-bond acceptors (Lipinski definition) is 8. The van der Waals surface area contributed by atoms with Gasteiger partial charge in [0.1, 0.15) is 0 Å². The first-order valence-electron chi connectivity index (χ1n) is 17.1. The summed E-state index contributed by atoms with van der Waals surface area (Å²) in [5.41, 5.74) is 2.75. The van der Waals surface area contributed by atoms with Crippen molar-refractivity contribution in [2.24, 2.45) is 5.92 Å². The predicted octanol–water partition coefficient (Wildman–Crippen LogP) is 5.55. The van der Waals surface area contributed by atoms with Gasteiger partial charge in [-0.25, -0.2) is 0 Å². The summed E-state index contributed by atoms with van der Waals surface area (Å²) < 4.78 is 18.4. The lowest BCUT2D eigenvalue weighted by Crippen LogP contribution is -2.61. The number of carbonyl (C=O) groups excluding carboxylic acids is 3. The molecule has 5 rings (SSSR count). The van der Waals surface area contributed by atoms with Crippen molar-refractivity contribution >= 4 is 23.5 Å². The number of fused-ring (bicyclic) bond motifs is 1. The molecule has 2 heterocycles. The second kappa shape index (κ2) is 15.3. The third-order valence-electron chi connectivity index (χ3n) is 9.47. The lowest BCUT2D eigenvalue weighted by molar-refractivity contribution is -0.255. The largest absolute Gasteiger partial charge is 0.453 e. The number of hydrogen-bond donors (Lipinski definition) is 3. The van der Waals surface area contributed by atoms with Crippen molar-refractivity contribution in [3.63, 3.8) is 0 Å². The Kier molecular flexibility index (Phi) is 11.4. The van der Waals surface area contributed by atoms with Crippen molar-refractivity contribution in [2.45, 2.75) is 128 Å². The van der Waals surface area contributed by atoms with Gasteiger partial charge in [-0.1, -0.05) is 49.2 Å². The first kappa shape index (κ1) is 35.0. The average molecular weight is 650 g/mol. The molecule has 0 aromatic heterocycles. The first-order valence-corrected chi connectivity index (χ1v) is 17.1. The van der Waals surface area contributed by atoms with E-state index < -0.39 is 24.3 Å². The molecule has 2 amide bonds. The van der Waals surface area contributed by atoms with Gasteiger partial charge in [0.15, 0.2) is 12.4 Å². The summed E-state index contributed by atoms with van der Waals surface area (Å²) in [6.07, 6.45) is 4.98. The van der Waals surface area contributed by atoms with Crippen LogP contribution in [0.4, 0.5) is 5.69 Å². The Balaban J connectivity index is 1.41. The van der Waals surface area contributed by atoms with Crippen molar-refractivity contribution < 1.29 is 33.7 Å². The number of piperidine rings is 1. The van der Waals surface area contributed by atoms with E-state index in [0.29, 0.717) is 30.6 Å². The standard InChI is InChI=1S/C37H51N3O7/c1-23(45-24(2)42)34(43)38-29-11-8-10-28(19-29)36-46-30(20-33(47-36)27-15-13-25(22-41)14-16-27)21-40-31-12-7-6-9-26(31)17-18-32(40)35(44)39-37(3,4)5/h8,10-11,13-16,19,23,26,30-33,36,41H,6-7,9,12,17-18,20-22H2,1-5H3,(H,38,43)(H,39,44). The molecule has 7 atom stereocenters. The average Bonchev–Trinajstić information content (AvgIpc) is 3.03. The van der Waals surface area contributed by atoms with Crippen molar-refractivity contribution in [2.75, 3.05) is 11.9 Å². The molecule has 256 valence electrons. The molecule has 47 heavy (non-hydrogen) atoms. The van der Waals surface area contributed by atoms with Crippen molar-refractivity contribution in [3.8, 4) is 0 Å². The second-order valence-electron chi connectivity index (χ2n) is 14.4. The molecule has 3 N–H and O–H groups in total. The molecule has 2 aromatic rings. The van der Waals surface area contributed by atoms with Crippen LogP contribution in [0, 0.1) is 5.92 Å². The lowest BCUT2D eigenvalue weighted by atomic mass is 9.75. The number of aliphatic hydroxyl groups excluding tert-OH is 1. The number of nitrogens with zero attached hydrogens (tertiary/aromatic N) is 1. The summed E-state index contributed by atoms with van der Waals surface area (Å²) >= 11 is 0. The number of anilines is 1. The summed E-state index contributed by atoms with van der Waals surface area (Å²) in [7, 11) is 0. The summed E-state index contributed by atoms with van der Waals surface area (Å²) in [6.45, 7) is 9.42. The molecule has 0 bridgehead atoms. The molecule has 2 saturated heterocycles. The summed E-state index contributed by atoms with van der Waals surface area (Å²) in [4.78, 5) is 40.2. The number of esters is 1. The highest BCUT2D eigenvalue weighted by molar-refractivity contribution is 5.95. The van der Waals surface area contributed by atoms with E-state index in [0.717, 1.165) is 42.4 Å². The number of carbonyl (C=O) groups is 3. The third kappa shape index (κ3) is 9.19. The zero-order valence-electron chi connectivity index (χ0n) is 28.4. The second-order valence-corrected chi connectivity index (χ2v) is 14.4. The molecule has 3 fully saturated rings. The van der Waals surface area contributed by atoms with E-state index in [1.165, 1.54) is 26.7 Å². The molecule has 2 aliphatic heterocycles. The normalized spacial score (nSPS) is 27.3. The summed E-state index contributed by atoms with van der Waals surface area (Å²) in [5, 5.41) is 15.7. The van der Waals surface area contributed by atoms with Crippen molar-refractivity contribution in [1.82, 2.24) is 10.2 Å². The van der Waals surface area contributed by atoms with Gasteiger partial charge < -0.3 is 30.0 Å². The van der Waals surface area contributed by atoms with E-state index in [1.807, 2.05) is 63.2 Å². The van der Waals surface area contributed by atoms with Crippen LogP contribution in [0.15, 0.2) is 48.5 Å². The van der Waals surface area contributed by atoms with Crippen LogP contribution in [-0.4, -0.2) is 64.2 Å². The molecular formula is C37H51N3O7. The Bertz CT molecular complexity index is 1390. The SMILES string of the molecule is CC(=O)OC(C)C(=O)Nc1cccc(C2OC(CN3C(C(=O)NC(C)(C)C)CCC4CCCCC43)CC(c3ccc(CO)cc3)O2)c1. The number of ether oxygens (including phenoxy) is 3. The van der Waals surface area contributed by atoms with Crippen LogP contribution in [0.3, 0.4) is 0 Å². The van der Waals surface area contributed by atoms with E-state index >= 15 is 0 Å². The van der Waals surface area contributed by atoms with Gasteiger partial charge in [-0.2, -0.15) is 0 Å². The highest BCUT2D eigenvalue weighted by Gasteiger charge is 2.44. The number of likely N-dealkylation sites (tertiary alicyclic amines) is 1. The number of rotatable bonds is 9. The van der Waals surface area contributed by atoms with Gasteiger partial charge in [0.2, 0.25) is 5.91 Å². The van der Waals surface area contributed by atoms with Crippen LogP contribution < -0.4 is 10.6 Å².